The highest BCUT2D eigenvalue weighted by atomic mass is 32.2. The smallest absolute Gasteiger partial charge is 0.278 e. The van der Waals surface area contributed by atoms with Gasteiger partial charge in [0, 0.05) is 42.4 Å². The van der Waals surface area contributed by atoms with E-state index in [4.69, 9.17) is 4.74 Å². The second-order valence-corrected chi connectivity index (χ2v) is 12.7. The molecule has 35 heavy (non-hydrogen) atoms. The number of fused-ring (bicyclic) bond motifs is 1. The van der Waals surface area contributed by atoms with Crippen LogP contribution in [0.2, 0.25) is 0 Å². The van der Waals surface area contributed by atoms with Crippen molar-refractivity contribution in [3.63, 3.8) is 0 Å². The van der Waals surface area contributed by atoms with Gasteiger partial charge in [-0.05, 0) is 58.4 Å². The zero-order chi connectivity index (χ0) is 25.1. The molecule has 1 aromatic rings. The van der Waals surface area contributed by atoms with Gasteiger partial charge in [0.05, 0.1) is 17.5 Å². The Balaban J connectivity index is 1.15. The standard InChI is InChI=1S/C24H35F3N4O2S2/c1-16-28-14-18(34-16)13-21(32)29-17-3-7-24(27,8-4-17)9-12-31-10-5-19-20(6-11-31)35-22(30-19)33-15-23(2,25)26/h14,17,19-20H,3-13,15H2,1-2H3,(H,29,32). The molecular weight excluding hydrogens is 497 g/mol. The van der Waals surface area contributed by atoms with Gasteiger partial charge in [-0.3, -0.25) is 4.79 Å². The summed E-state index contributed by atoms with van der Waals surface area (Å²) >= 11 is 2.99. The fraction of sp³-hybridized carbons (Fsp3) is 0.792. The molecule has 2 aliphatic heterocycles. The number of thioether (sulfide) groups is 1. The molecule has 0 radical (unpaired) electrons. The van der Waals surface area contributed by atoms with Crippen LogP contribution in [0.1, 0.15) is 61.8 Å². The number of rotatable bonds is 8. The first-order valence-corrected chi connectivity index (χ1v) is 14.1. The molecule has 3 heterocycles. The van der Waals surface area contributed by atoms with E-state index in [1.807, 2.05) is 6.92 Å². The minimum Gasteiger partial charge on any atom is -0.467 e. The number of nitrogens with zero attached hydrogens (tertiary/aromatic N) is 3. The minimum absolute atomic E-state index is 0.0161. The molecule has 6 nitrogen and oxygen atoms in total. The van der Waals surface area contributed by atoms with Crippen molar-refractivity contribution in [1.29, 1.82) is 0 Å². The average Bonchev–Trinajstić information content (AvgIpc) is 3.33. The van der Waals surface area contributed by atoms with Crippen molar-refractivity contribution in [1.82, 2.24) is 15.2 Å². The Labute approximate surface area is 213 Å². The molecule has 1 saturated heterocycles. The molecule has 2 atom stereocenters. The fourth-order valence-corrected chi connectivity index (χ4v) is 6.94. The summed E-state index contributed by atoms with van der Waals surface area (Å²) in [6, 6.07) is 0.120. The molecular formula is C24H35F3N4O2S2. The number of thiazole rings is 1. The van der Waals surface area contributed by atoms with Crippen LogP contribution in [0.5, 0.6) is 0 Å². The van der Waals surface area contributed by atoms with Gasteiger partial charge in [-0.1, -0.05) is 11.8 Å². The Bertz CT molecular complexity index is 900. The van der Waals surface area contributed by atoms with Gasteiger partial charge >= 0.3 is 0 Å². The van der Waals surface area contributed by atoms with E-state index in [-0.39, 0.29) is 23.2 Å². The normalized spacial score (nSPS) is 29.9. The fourth-order valence-electron chi connectivity index (χ4n) is 4.99. The van der Waals surface area contributed by atoms with Crippen LogP contribution < -0.4 is 5.32 Å². The molecule has 0 bridgehead atoms. The van der Waals surface area contributed by atoms with E-state index < -0.39 is 18.2 Å². The lowest BCUT2D eigenvalue weighted by Crippen LogP contribution is -2.43. The van der Waals surface area contributed by atoms with Crippen molar-refractivity contribution in [3.8, 4) is 0 Å². The first-order chi connectivity index (χ1) is 16.6. The maximum Gasteiger partial charge on any atom is 0.278 e. The van der Waals surface area contributed by atoms with Gasteiger partial charge < -0.3 is 15.0 Å². The molecule has 2 fully saturated rings. The van der Waals surface area contributed by atoms with Crippen LogP contribution in [0.3, 0.4) is 0 Å². The zero-order valence-electron chi connectivity index (χ0n) is 20.4. The number of aryl methyl sites for hydroxylation is 1. The number of likely N-dealkylation sites (tertiary alicyclic amines) is 1. The number of nitrogens with one attached hydrogen (secondary N) is 1. The van der Waals surface area contributed by atoms with Crippen molar-refractivity contribution in [2.75, 3.05) is 26.2 Å². The topological polar surface area (TPSA) is 66.8 Å². The third-order valence-electron chi connectivity index (χ3n) is 7.00. The predicted octanol–water partition coefficient (Wildman–Crippen LogP) is 4.76. The van der Waals surface area contributed by atoms with Crippen LogP contribution in [0.15, 0.2) is 11.2 Å². The number of halogens is 3. The van der Waals surface area contributed by atoms with Crippen LogP contribution in [0.25, 0.3) is 0 Å². The van der Waals surface area contributed by atoms with E-state index >= 15 is 4.39 Å². The lowest BCUT2D eigenvalue weighted by molar-refractivity contribution is -0.121. The van der Waals surface area contributed by atoms with Gasteiger partial charge in [-0.2, -0.15) is 0 Å². The summed E-state index contributed by atoms with van der Waals surface area (Å²) in [5.74, 6) is -2.88. The molecule has 196 valence electrons. The van der Waals surface area contributed by atoms with Crippen LogP contribution in [0.4, 0.5) is 13.2 Å². The first-order valence-electron chi connectivity index (χ1n) is 12.4. The van der Waals surface area contributed by atoms with E-state index in [9.17, 15) is 13.6 Å². The van der Waals surface area contributed by atoms with Crippen molar-refractivity contribution < 1.29 is 22.7 Å². The molecule has 1 N–H and O–H groups in total. The van der Waals surface area contributed by atoms with Crippen molar-refractivity contribution in [3.05, 3.63) is 16.1 Å². The summed E-state index contributed by atoms with van der Waals surface area (Å²) in [5.41, 5.74) is -1.18. The summed E-state index contributed by atoms with van der Waals surface area (Å²) in [4.78, 5) is 24.3. The summed E-state index contributed by atoms with van der Waals surface area (Å²) in [7, 11) is 0. The van der Waals surface area contributed by atoms with Crippen LogP contribution in [-0.2, 0) is 16.0 Å². The second kappa shape index (κ2) is 11.4. The number of aromatic nitrogens is 1. The number of hydrogen-bond acceptors (Lipinski definition) is 7. The van der Waals surface area contributed by atoms with E-state index in [0.717, 1.165) is 42.7 Å². The molecule has 0 spiro atoms. The van der Waals surface area contributed by atoms with Crippen molar-refractivity contribution in [2.24, 2.45) is 4.99 Å². The Morgan fingerprint density at radius 2 is 2.03 bits per heavy atom. The van der Waals surface area contributed by atoms with E-state index in [1.54, 1.807) is 6.20 Å². The SMILES string of the molecule is Cc1ncc(CC(=O)NC2CCC(F)(CCN3CCC4N=C(OCC(C)(F)F)SC4CC3)CC2)s1. The third kappa shape index (κ3) is 8.08. The first kappa shape index (κ1) is 26.7. The van der Waals surface area contributed by atoms with E-state index in [2.05, 4.69) is 20.2 Å². The number of aliphatic imine (C=N–C) groups is 1. The monoisotopic (exact) mass is 532 g/mol. The van der Waals surface area contributed by atoms with E-state index in [0.29, 0.717) is 50.3 Å². The predicted molar refractivity (Wildman–Crippen MR) is 134 cm³/mol. The molecule has 11 heteroatoms. The van der Waals surface area contributed by atoms with Gasteiger partial charge in [0.2, 0.25) is 11.1 Å². The van der Waals surface area contributed by atoms with Gasteiger partial charge in [0.15, 0.2) is 6.61 Å². The van der Waals surface area contributed by atoms with Crippen molar-refractivity contribution >= 4 is 34.2 Å². The number of carbonyl (C=O) groups excluding carboxylic acids is 1. The lowest BCUT2D eigenvalue weighted by Gasteiger charge is -2.35. The molecule has 2 unspecified atom stereocenters. The molecule has 1 amide bonds. The largest absolute Gasteiger partial charge is 0.467 e. The summed E-state index contributed by atoms with van der Waals surface area (Å²) in [6.45, 7) is 4.51. The third-order valence-corrected chi connectivity index (χ3v) is 9.19. The Morgan fingerprint density at radius 3 is 2.71 bits per heavy atom. The quantitative estimate of drug-likeness (QED) is 0.523. The maximum atomic E-state index is 15.5. The number of hydrogen-bond donors (Lipinski definition) is 1. The van der Waals surface area contributed by atoms with Crippen molar-refractivity contribution in [2.45, 2.75) is 94.1 Å². The summed E-state index contributed by atoms with van der Waals surface area (Å²) in [5, 5.41) is 4.64. The summed E-state index contributed by atoms with van der Waals surface area (Å²) in [6.07, 6.45) is 6.58. The van der Waals surface area contributed by atoms with Gasteiger partial charge in [-0.25, -0.2) is 23.1 Å². The molecule has 4 rings (SSSR count). The Kier molecular flexibility index (Phi) is 8.69. The van der Waals surface area contributed by atoms with Crippen LogP contribution >= 0.6 is 23.1 Å². The minimum atomic E-state index is -2.86. The molecule has 1 aromatic heterocycles. The highest BCUT2D eigenvalue weighted by Crippen LogP contribution is 2.37. The maximum absolute atomic E-state index is 15.5. The zero-order valence-corrected chi connectivity index (χ0v) is 22.0. The van der Waals surface area contributed by atoms with Gasteiger partial charge in [0.1, 0.15) is 5.67 Å². The number of alkyl halides is 3. The van der Waals surface area contributed by atoms with Gasteiger partial charge in [-0.15, -0.1) is 11.3 Å². The van der Waals surface area contributed by atoms with Crippen LogP contribution in [-0.4, -0.2) is 76.2 Å². The molecule has 3 aliphatic rings. The average molecular weight is 533 g/mol. The van der Waals surface area contributed by atoms with Gasteiger partial charge in [0.25, 0.3) is 5.92 Å². The Hall–Kier alpha value is -1.33. The van der Waals surface area contributed by atoms with E-state index in [1.165, 1.54) is 23.1 Å². The number of carbonyl (C=O) groups is 1. The Morgan fingerprint density at radius 1 is 1.29 bits per heavy atom. The number of amides is 1. The molecule has 0 aromatic carbocycles. The molecule has 1 aliphatic carbocycles. The van der Waals surface area contributed by atoms with Crippen LogP contribution in [0, 0.1) is 6.92 Å². The molecule has 1 saturated carbocycles. The number of ether oxygens (including phenoxy) is 1. The second-order valence-electron chi connectivity index (χ2n) is 10.2. The highest BCUT2D eigenvalue weighted by Gasteiger charge is 2.38. The summed E-state index contributed by atoms with van der Waals surface area (Å²) < 4.78 is 46.8. The lowest BCUT2D eigenvalue weighted by atomic mass is 9.81. The highest BCUT2D eigenvalue weighted by molar-refractivity contribution is 8.14.